The summed E-state index contributed by atoms with van der Waals surface area (Å²) in [4.78, 5) is 25.3. The average Bonchev–Trinajstić information content (AvgIpc) is 2.94. The van der Waals surface area contributed by atoms with E-state index in [1.54, 1.807) is 34.5 Å². The fraction of sp³-hybridized carbons (Fsp3) is 0.300. The lowest BCUT2D eigenvalue weighted by molar-refractivity contribution is 0.0943. The van der Waals surface area contributed by atoms with Crippen LogP contribution < -0.4 is 10.9 Å². The van der Waals surface area contributed by atoms with Crippen molar-refractivity contribution in [2.24, 2.45) is 13.0 Å². The SMILES string of the molecule is CC(C)Cn1ccc2c(cc(C(=O)NCc3ccccc3Cl)n2C)c1=O. The Morgan fingerprint density at radius 3 is 2.65 bits per heavy atom. The monoisotopic (exact) mass is 371 g/mol. The summed E-state index contributed by atoms with van der Waals surface area (Å²) in [6.07, 6.45) is 1.79. The summed E-state index contributed by atoms with van der Waals surface area (Å²) in [6, 6.07) is 10.9. The first-order valence-corrected chi connectivity index (χ1v) is 8.96. The molecular formula is C20H22ClN3O2. The van der Waals surface area contributed by atoms with Crippen LogP contribution in [0.15, 0.2) is 47.4 Å². The molecule has 0 saturated carbocycles. The van der Waals surface area contributed by atoms with Crippen LogP contribution in [0.4, 0.5) is 0 Å². The van der Waals surface area contributed by atoms with Crippen molar-refractivity contribution in [3.63, 3.8) is 0 Å². The highest BCUT2D eigenvalue weighted by Gasteiger charge is 2.16. The standard InChI is InChI=1S/C20H22ClN3O2/c1-13(2)12-24-9-8-17-15(20(24)26)10-18(23(17)3)19(25)22-11-14-6-4-5-7-16(14)21/h4-10,13H,11-12H2,1-3H3,(H,22,25). The van der Waals surface area contributed by atoms with Gasteiger partial charge < -0.3 is 14.5 Å². The van der Waals surface area contributed by atoms with Crippen LogP contribution in [0.3, 0.4) is 0 Å². The topological polar surface area (TPSA) is 56.0 Å². The minimum Gasteiger partial charge on any atom is -0.347 e. The van der Waals surface area contributed by atoms with Gasteiger partial charge in [-0.15, -0.1) is 0 Å². The third-order valence-electron chi connectivity index (χ3n) is 4.38. The molecule has 1 N–H and O–H groups in total. The molecule has 3 rings (SSSR count). The zero-order valence-corrected chi connectivity index (χ0v) is 15.9. The Labute approximate surface area is 157 Å². The van der Waals surface area contributed by atoms with Gasteiger partial charge in [0.15, 0.2) is 0 Å². The van der Waals surface area contributed by atoms with E-state index in [9.17, 15) is 9.59 Å². The molecule has 1 amide bonds. The highest BCUT2D eigenvalue weighted by molar-refractivity contribution is 6.31. The fourth-order valence-corrected chi connectivity index (χ4v) is 3.24. The second-order valence-electron chi connectivity index (χ2n) is 6.83. The van der Waals surface area contributed by atoms with Crippen molar-refractivity contribution in [3.8, 4) is 0 Å². The van der Waals surface area contributed by atoms with Crippen molar-refractivity contribution in [2.75, 3.05) is 0 Å². The Morgan fingerprint density at radius 1 is 1.23 bits per heavy atom. The molecule has 1 aromatic carbocycles. The molecule has 0 aliphatic carbocycles. The van der Waals surface area contributed by atoms with Gasteiger partial charge >= 0.3 is 0 Å². The largest absolute Gasteiger partial charge is 0.347 e. The number of benzene rings is 1. The zero-order chi connectivity index (χ0) is 18.8. The summed E-state index contributed by atoms with van der Waals surface area (Å²) in [5, 5.41) is 4.04. The first kappa shape index (κ1) is 18.3. The van der Waals surface area contributed by atoms with E-state index in [4.69, 9.17) is 11.6 Å². The number of aromatic nitrogens is 2. The van der Waals surface area contributed by atoms with Crippen LogP contribution in [0.1, 0.15) is 29.9 Å². The van der Waals surface area contributed by atoms with Gasteiger partial charge in [0.05, 0.1) is 10.9 Å². The molecule has 3 aromatic rings. The third-order valence-corrected chi connectivity index (χ3v) is 4.74. The van der Waals surface area contributed by atoms with E-state index < -0.39 is 0 Å². The van der Waals surface area contributed by atoms with Crippen LogP contribution >= 0.6 is 11.6 Å². The van der Waals surface area contributed by atoms with Crippen molar-refractivity contribution in [1.82, 2.24) is 14.5 Å². The molecule has 2 aromatic heterocycles. The van der Waals surface area contributed by atoms with Gasteiger partial charge in [-0.2, -0.15) is 0 Å². The predicted octanol–water partition coefficient (Wildman–Crippen LogP) is 3.58. The maximum absolute atomic E-state index is 12.7. The van der Waals surface area contributed by atoms with Crippen molar-refractivity contribution in [1.29, 1.82) is 0 Å². The number of rotatable bonds is 5. The number of carbonyl (C=O) groups excluding carboxylic acids is 1. The molecule has 0 saturated heterocycles. The van der Waals surface area contributed by atoms with Gasteiger partial charge in [-0.25, -0.2) is 0 Å². The molecule has 0 aliphatic rings. The van der Waals surface area contributed by atoms with Gasteiger partial charge in [-0.3, -0.25) is 9.59 Å². The van der Waals surface area contributed by atoms with E-state index in [0.29, 0.717) is 35.1 Å². The molecule has 0 bridgehead atoms. The average molecular weight is 372 g/mol. The smallest absolute Gasteiger partial charge is 0.268 e. The summed E-state index contributed by atoms with van der Waals surface area (Å²) in [5.41, 5.74) is 1.97. The second-order valence-corrected chi connectivity index (χ2v) is 7.24. The molecule has 0 unspecified atom stereocenters. The van der Waals surface area contributed by atoms with E-state index >= 15 is 0 Å². The summed E-state index contributed by atoms with van der Waals surface area (Å²) in [6.45, 7) is 5.11. The van der Waals surface area contributed by atoms with E-state index in [0.717, 1.165) is 11.1 Å². The molecule has 0 radical (unpaired) electrons. The quantitative estimate of drug-likeness (QED) is 0.745. The number of nitrogens with one attached hydrogen (secondary N) is 1. The summed E-state index contributed by atoms with van der Waals surface area (Å²) in [7, 11) is 1.79. The molecule has 0 atom stereocenters. The summed E-state index contributed by atoms with van der Waals surface area (Å²) < 4.78 is 3.44. The lowest BCUT2D eigenvalue weighted by atomic mass is 10.2. The number of hydrogen-bond acceptors (Lipinski definition) is 2. The lowest BCUT2D eigenvalue weighted by Gasteiger charge is -2.09. The van der Waals surface area contributed by atoms with Gasteiger partial charge in [-0.05, 0) is 29.7 Å². The van der Waals surface area contributed by atoms with Gasteiger partial charge in [-0.1, -0.05) is 43.6 Å². The van der Waals surface area contributed by atoms with Gasteiger partial charge in [0.2, 0.25) is 0 Å². The third kappa shape index (κ3) is 3.53. The van der Waals surface area contributed by atoms with Crippen LogP contribution in [0.5, 0.6) is 0 Å². The Hall–Kier alpha value is -2.53. The minimum atomic E-state index is -0.238. The maximum Gasteiger partial charge on any atom is 0.268 e. The number of nitrogens with zero attached hydrogens (tertiary/aromatic N) is 2. The molecule has 26 heavy (non-hydrogen) atoms. The summed E-state index contributed by atoms with van der Waals surface area (Å²) >= 11 is 6.13. The second kappa shape index (κ2) is 7.38. The van der Waals surface area contributed by atoms with Crippen molar-refractivity contribution in [3.05, 3.63) is 69.2 Å². The number of carbonyl (C=O) groups is 1. The number of fused-ring (bicyclic) bond motifs is 1. The van der Waals surface area contributed by atoms with Gasteiger partial charge in [0.25, 0.3) is 11.5 Å². The lowest BCUT2D eigenvalue weighted by Crippen LogP contribution is -2.24. The number of amides is 1. The normalized spacial score (nSPS) is 11.3. The van der Waals surface area contributed by atoms with E-state index in [-0.39, 0.29) is 11.5 Å². The summed E-state index contributed by atoms with van der Waals surface area (Å²) in [5.74, 6) is 0.130. The number of aryl methyl sites for hydroxylation is 1. The van der Waals surface area contributed by atoms with Gasteiger partial charge in [0.1, 0.15) is 5.69 Å². The van der Waals surface area contributed by atoms with Crippen molar-refractivity contribution in [2.45, 2.75) is 26.9 Å². The number of hydrogen-bond donors (Lipinski definition) is 1. The van der Waals surface area contributed by atoms with Crippen LogP contribution in [0.2, 0.25) is 5.02 Å². The van der Waals surface area contributed by atoms with E-state index in [2.05, 4.69) is 19.2 Å². The minimum absolute atomic E-state index is 0.0723. The van der Waals surface area contributed by atoms with Crippen LogP contribution in [0.25, 0.3) is 10.9 Å². The number of pyridine rings is 1. The molecule has 136 valence electrons. The molecule has 5 nitrogen and oxygen atoms in total. The predicted molar refractivity (Wildman–Crippen MR) is 105 cm³/mol. The Kier molecular flexibility index (Phi) is 5.18. The Balaban J connectivity index is 1.89. The number of halogens is 1. The van der Waals surface area contributed by atoms with E-state index in [1.807, 2.05) is 24.3 Å². The van der Waals surface area contributed by atoms with E-state index in [1.165, 1.54) is 0 Å². The molecule has 0 aliphatic heterocycles. The van der Waals surface area contributed by atoms with Crippen LogP contribution in [-0.2, 0) is 20.1 Å². The fourth-order valence-electron chi connectivity index (χ4n) is 3.04. The van der Waals surface area contributed by atoms with Gasteiger partial charge in [0, 0.05) is 31.4 Å². The first-order chi connectivity index (χ1) is 12.4. The van der Waals surface area contributed by atoms with Crippen molar-refractivity contribution < 1.29 is 4.79 Å². The zero-order valence-electron chi connectivity index (χ0n) is 15.1. The highest BCUT2D eigenvalue weighted by Crippen LogP contribution is 2.17. The van der Waals surface area contributed by atoms with Crippen molar-refractivity contribution >= 4 is 28.4 Å². The molecule has 0 spiro atoms. The molecule has 6 heteroatoms. The highest BCUT2D eigenvalue weighted by atomic mass is 35.5. The maximum atomic E-state index is 12.7. The Morgan fingerprint density at radius 2 is 1.96 bits per heavy atom. The molecular weight excluding hydrogens is 350 g/mol. The molecule has 0 fully saturated rings. The Bertz CT molecular complexity index is 1020. The molecule has 2 heterocycles. The van der Waals surface area contributed by atoms with Crippen LogP contribution in [0, 0.1) is 5.92 Å². The van der Waals surface area contributed by atoms with Crippen LogP contribution in [-0.4, -0.2) is 15.0 Å². The first-order valence-electron chi connectivity index (χ1n) is 8.59.